The van der Waals surface area contributed by atoms with Crippen LogP contribution < -0.4 is 9.47 Å². The number of rotatable bonds is 4. The number of hydrogen-bond acceptors (Lipinski definition) is 4. The van der Waals surface area contributed by atoms with Crippen molar-refractivity contribution < 1.29 is 18.9 Å². The topological polar surface area (TPSA) is 36.9 Å². The highest BCUT2D eigenvalue weighted by molar-refractivity contribution is 5.43. The third kappa shape index (κ3) is 2.70. The summed E-state index contributed by atoms with van der Waals surface area (Å²) in [6, 6.07) is 5.72. The molecule has 4 nitrogen and oxygen atoms in total. The van der Waals surface area contributed by atoms with Crippen LogP contribution in [0.2, 0.25) is 0 Å². The van der Waals surface area contributed by atoms with Crippen molar-refractivity contribution in [1.29, 1.82) is 0 Å². The average Bonchev–Trinajstić information content (AvgIpc) is 2.77. The molecule has 0 amide bonds. The third-order valence-electron chi connectivity index (χ3n) is 2.60. The first-order chi connectivity index (χ1) is 8.24. The van der Waals surface area contributed by atoms with Crippen LogP contribution in [0.4, 0.5) is 0 Å². The molecule has 1 aliphatic rings. The lowest BCUT2D eigenvalue weighted by molar-refractivity contribution is -0.0573. The molecule has 94 valence electrons. The lowest BCUT2D eigenvalue weighted by Gasteiger charge is -2.14. The summed E-state index contributed by atoms with van der Waals surface area (Å²) >= 11 is 0. The molecule has 1 aromatic carbocycles. The number of methoxy groups -OCH3 is 1. The standard InChI is InChI=1S/C13H18O4/c1-4-15-11-6-5-10(7-12(11)14-3)13-16-8-9(2)17-13/h5-7,9,13H,4,8H2,1-3H3. The monoisotopic (exact) mass is 238 g/mol. The van der Waals surface area contributed by atoms with E-state index in [-0.39, 0.29) is 12.4 Å². The van der Waals surface area contributed by atoms with Gasteiger partial charge < -0.3 is 18.9 Å². The Morgan fingerprint density at radius 2 is 2.18 bits per heavy atom. The average molecular weight is 238 g/mol. The van der Waals surface area contributed by atoms with E-state index >= 15 is 0 Å². The second-order valence-electron chi connectivity index (χ2n) is 3.96. The van der Waals surface area contributed by atoms with Crippen LogP contribution in [0.5, 0.6) is 11.5 Å². The minimum absolute atomic E-state index is 0.137. The molecule has 2 atom stereocenters. The molecule has 0 spiro atoms. The molecule has 1 aromatic rings. The van der Waals surface area contributed by atoms with E-state index in [9.17, 15) is 0 Å². The fourth-order valence-electron chi connectivity index (χ4n) is 1.79. The molecule has 1 heterocycles. The lowest BCUT2D eigenvalue weighted by Crippen LogP contribution is -2.03. The Morgan fingerprint density at radius 3 is 2.76 bits per heavy atom. The quantitative estimate of drug-likeness (QED) is 0.807. The summed E-state index contributed by atoms with van der Waals surface area (Å²) in [4.78, 5) is 0. The largest absolute Gasteiger partial charge is 0.493 e. The predicted octanol–water partition coefficient (Wildman–Crippen LogP) is 2.53. The van der Waals surface area contributed by atoms with Gasteiger partial charge in [0.05, 0.1) is 26.4 Å². The first kappa shape index (κ1) is 12.2. The normalized spacial score (nSPS) is 23.7. The van der Waals surface area contributed by atoms with Gasteiger partial charge in [-0.3, -0.25) is 0 Å². The summed E-state index contributed by atoms with van der Waals surface area (Å²) in [5, 5.41) is 0. The van der Waals surface area contributed by atoms with Crippen LogP contribution in [0, 0.1) is 0 Å². The first-order valence-corrected chi connectivity index (χ1v) is 5.82. The zero-order chi connectivity index (χ0) is 12.3. The molecular formula is C13H18O4. The fourth-order valence-corrected chi connectivity index (χ4v) is 1.79. The maximum absolute atomic E-state index is 5.63. The second-order valence-corrected chi connectivity index (χ2v) is 3.96. The first-order valence-electron chi connectivity index (χ1n) is 5.82. The Labute approximate surface area is 101 Å². The SMILES string of the molecule is CCOc1ccc(C2OCC(C)O2)cc1OC. The molecule has 0 aliphatic carbocycles. The lowest BCUT2D eigenvalue weighted by atomic mass is 10.2. The van der Waals surface area contributed by atoms with Crippen molar-refractivity contribution in [3.8, 4) is 11.5 Å². The summed E-state index contributed by atoms with van der Waals surface area (Å²) in [7, 11) is 1.63. The highest BCUT2D eigenvalue weighted by Crippen LogP contribution is 2.34. The zero-order valence-corrected chi connectivity index (χ0v) is 10.4. The smallest absolute Gasteiger partial charge is 0.184 e. The van der Waals surface area contributed by atoms with Gasteiger partial charge in [0.1, 0.15) is 0 Å². The molecule has 1 aliphatic heterocycles. The summed E-state index contributed by atoms with van der Waals surface area (Å²) in [5.74, 6) is 1.45. The molecule has 0 saturated carbocycles. The molecule has 0 bridgehead atoms. The van der Waals surface area contributed by atoms with E-state index in [0.717, 1.165) is 11.3 Å². The van der Waals surface area contributed by atoms with Gasteiger partial charge in [0.15, 0.2) is 17.8 Å². The van der Waals surface area contributed by atoms with Crippen LogP contribution in [0.25, 0.3) is 0 Å². The predicted molar refractivity (Wildman–Crippen MR) is 63.4 cm³/mol. The summed E-state index contributed by atoms with van der Waals surface area (Å²) in [6.45, 7) is 5.17. The molecular weight excluding hydrogens is 220 g/mol. The molecule has 1 fully saturated rings. The van der Waals surface area contributed by atoms with E-state index in [2.05, 4.69) is 0 Å². The van der Waals surface area contributed by atoms with Crippen molar-refractivity contribution in [1.82, 2.24) is 0 Å². The van der Waals surface area contributed by atoms with Crippen LogP contribution >= 0.6 is 0 Å². The number of ether oxygens (including phenoxy) is 4. The molecule has 4 heteroatoms. The van der Waals surface area contributed by atoms with E-state index in [0.29, 0.717) is 19.0 Å². The highest BCUT2D eigenvalue weighted by atomic mass is 16.7. The van der Waals surface area contributed by atoms with Crippen molar-refractivity contribution in [3.05, 3.63) is 23.8 Å². The Kier molecular flexibility index (Phi) is 3.86. The van der Waals surface area contributed by atoms with Gasteiger partial charge >= 0.3 is 0 Å². The summed E-state index contributed by atoms with van der Waals surface area (Å²) in [6.07, 6.45) is -0.160. The Hall–Kier alpha value is -1.26. The Bertz CT molecular complexity index is 378. The maximum Gasteiger partial charge on any atom is 0.184 e. The van der Waals surface area contributed by atoms with Gasteiger partial charge in [-0.1, -0.05) is 6.07 Å². The van der Waals surface area contributed by atoms with Gasteiger partial charge in [-0.15, -0.1) is 0 Å². The molecule has 2 unspecified atom stereocenters. The van der Waals surface area contributed by atoms with Gasteiger partial charge in [0, 0.05) is 5.56 Å². The van der Waals surface area contributed by atoms with Gasteiger partial charge in [0.25, 0.3) is 0 Å². The third-order valence-corrected chi connectivity index (χ3v) is 2.60. The van der Waals surface area contributed by atoms with E-state index in [4.69, 9.17) is 18.9 Å². The molecule has 0 aromatic heterocycles. The fraction of sp³-hybridized carbons (Fsp3) is 0.538. The zero-order valence-electron chi connectivity index (χ0n) is 10.4. The van der Waals surface area contributed by atoms with Crippen LogP contribution in [0.1, 0.15) is 25.7 Å². The van der Waals surface area contributed by atoms with E-state index in [1.54, 1.807) is 7.11 Å². The van der Waals surface area contributed by atoms with Gasteiger partial charge in [-0.2, -0.15) is 0 Å². The minimum Gasteiger partial charge on any atom is -0.493 e. The molecule has 1 saturated heterocycles. The van der Waals surface area contributed by atoms with Gasteiger partial charge in [-0.25, -0.2) is 0 Å². The second kappa shape index (κ2) is 5.38. The van der Waals surface area contributed by atoms with Gasteiger partial charge in [-0.05, 0) is 26.0 Å². The van der Waals surface area contributed by atoms with Crippen LogP contribution in [-0.4, -0.2) is 26.4 Å². The Morgan fingerprint density at radius 1 is 1.35 bits per heavy atom. The van der Waals surface area contributed by atoms with E-state index in [1.807, 2.05) is 32.0 Å². The van der Waals surface area contributed by atoms with Crippen molar-refractivity contribution in [2.24, 2.45) is 0 Å². The maximum atomic E-state index is 5.63. The summed E-state index contributed by atoms with van der Waals surface area (Å²) < 4.78 is 21.9. The van der Waals surface area contributed by atoms with Gasteiger partial charge in [0.2, 0.25) is 0 Å². The minimum atomic E-state index is -0.297. The molecule has 0 radical (unpaired) electrons. The van der Waals surface area contributed by atoms with E-state index < -0.39 is 0 Å². The molecule has 17 heavy (non-hydrogen) atoms. The van der Waals surface area contributed by atoms with Crippen molar-refractivity contribution in [2.45, 2.75) is 26.2 Å². The highest BCUT2D eigenvalue weighted by Gasteiger charge is 2.24. The van der Waals surface area contributed by atoms with Crippen molar-refractivity contribution >= 4 is 0 Å². The van der Waals surface area contributed by atoms with Crippen LogP contribution in [0.15, 0.2) is 18.2 Å². The molecule has 0 N–H and O–H groups in total. The number of benzene rings is 1. The van der Waals surface area contributed by atoms with Crippen LogP contribution in [0.3, 0.4) is 0 Å². The van der Waals surface area contributed by atoms with Crippen LogP contribution in [-0.2, 0) is 9.47 Å². The van der Waals surface area contributed by atoms with Crippen molar-refractivity contribution in [2.75, 3.05) is 20.3 Å². The number of hydrogen-bond donors (Lipinski definition) is 0. The Balaban J connectivity index is 2.19. The van der Waals surface area contributed by atoms with E-state index in [1.165, 1.54) is 0 Å². The van der Waals surface area contributed by atoms with Crippen molar-refractivity contribution in [3.63, 3.8) is 0 Å². The molecule has 2 rings (SSSR count). The summed E-state index contributed by atoms with van der Waals surface area (Å²) in [5.41, 5.74) is 0.953.